The summed E-state index contributed by atoms with van der Waals surface area (Å²) in [7, 11) is 0. The molecule has 1 aromatic carbocycles. The molecule has 176 valence electrons. The van der Waals surface area contributed by atoms with Gasteiger partial charge in [0.25, 0.3) is 0 Å². The third kappa shape index (κ3) is 5.74. The highest BCUT2D eigenvalue weighted by Crippen LogP contribution is 2.22. The molecule has 4 N–H and O–H groups in total. The first-order chi connectivity index (χ1) is 16.5. The van der Waals surface area contributed by atoms with Crippen LogP contribution in [-0.4, -0.2) is 46.2 Å². The van der Waals surface area contributed by atoms with E-state index in [0.717, 1.165) is 29.9 Å². The molecule has 0 saturated carbocycles. The van der Waals surface area contributed by atoms with Crippen LogP contribution in [0.1, 0.15) is 31.7 Å². The molecule has 0 aliphatic carbocycles. The topological polar surface area (TPSA) is 130 Å². The van der Waals surface area contributed by atoms with E-state index in [9.17, 15) is 10.1 Å². The molecule has 2 aromatic heterocycles. The molecule has 1 unspecified atom stereocenters. The van der Waals surface area contributed by atoms with Crippen LogP contribution in [0.2, 0.25) is 0 Å². The summed E-state index contributed by atoms with van der Waals surface area (Å²) in [6.45, 7) is 4.14. The fourth-order valence-electron chi connectivity index (χ4n) is 3.98. The summed E-state index contributed by atoms with van der Waals surface area (Å²) in [4.78, 5) is 23.3. The smallest absolute Gasteiger partial charge is 0.320 e. The van der Waals surface area contributed by atoms with Gasteiger partial charge in [-0.05, 0) is 43.2 Å². The normalized spacial score (nSPS) is 15.4. The van der Waals surface area contributed by atoms with Gasteiger partial charge in [-0.2, -0.15) is 5.26 Å². The van der Waals surface area contributed by atoms with Crippen LogP contribution < -0.4 is 16.0 Å². The molecule has 9 heteroatoms. The van der Waals surface area contributed by atoms with Gasteiger partial charge in [0.2, 0.25) is 0 Å². The first kappa shape index (κ1) is 22.9. The summed E-state index contributed by atoms with van der Waals surface area (Å²) >= 11 is 0. The van der Waals surface area contributed by atoms with Crippen molar-refractivity contribution < 1.29 is 7.65 Å². The van der Waals surface area contributed by atoms with Crippen molar-refractivity contribution in [2.45, 2.75) is 25.9 Å². The summed E-state index contributed by atoms with van der Waals surface area (Å²) in [5, 5.41) is 26.0. The molecule has 0 bridgehead atoms. The lowest BCUT2D eigenvalue weighted by molar-refractivity contribution is 0.247. The molecule has 34 heavy (non-hydrogen) atoms. The van der Waals surface area contributed by atoms with Gasteiger partial charge in [-0.25, -0.2) is 9.78 Å². The first-order valence-electron chi connectivity index (χ1n) is 11.0. The lowest BCUT2D eigenvalue weighted by Crippen LogP contribution is -2.39. The van der Waals surface area contributed by atoms with E-state index in [2.05, 4.69) is 36.9 Å². The van der Waals surface area contributed by atoms with Crippen LogP contribution in [0.15, 0.2) is 54.9 Å². The Morgan fingerprint density at radius 3 is 2.97 bits per heavy atom. The second-order valence-electron chi connectivity index (χ2n) is 8.20. The number of hydrogen-bond donors (Lipinski definition) is 4. The van der Waals surface area contributed by atoms with Crippen LogP contribution in [-0.2, 0) is 6.54 Å². The van der Waals surface area contributed by atoms with Gasteiger partial charge in [-0.1, -0.05) is 18.2 Å². The molecule has 1 aliphatic rings. The second-order valence-corrected chi connectivity index (χ2v) is 8.20. The molecule has 1 atom stereocenters. The van der Waals surface area contributed by atoms with E-state index in [1.165, 1.54) is 6.21 Å². The van der Waals surface area contributed by atoms with Crippen LogP contribution in [0.25, 0.3) is 0 Å². The highest BCUT2D eigenvalue weighted by molar-refractivity contribution is 5.92. The van der Waals surface area contributed by atoms with Gasteiger partial charge in [-0.15, -0.1) is 0 Å². The van der Waals surface area contributed by atoms with Crippen molar-refractivity contribution in [3.63, 3.8) is 0 Å². The predicted molar refractivity (Wildman–Crippen MR) is 136 cm³/mol. The van der Waals surface area contributed by atoms with E-state index < -0.39 is 0 Å². The van der Waals surface area contributed by atoms with Crippen LogP contribution in [0.4, 0.5) is 22.0 Å². The van der Waals surface area contributed by atoms with E-state index in [1.807, 2.05) is 43.3 Å². The molecule has 1 saturated heterocycles. The Morgan fingerprint density at radius 1 is 1.32 bits per heavy atom. The molecule has 1 aliphatic heterocycles. The number of nitrogens with zero attached hydrogens (tertiary/aromatic N) is 4. The van der Waals surface area contributed by atoms with Crippen molar-refractivity contribution >= 4 is 29.4 Å². The number of urea groups is 1. The third-order valence-corrected chi connectivity index (χ3v) is 5.65. The zero-order valence-electron chi connectivity index (χ0n) is 18.9. The molecule has 4 rings (SSSR count). The minimum absolute atomic E-state index is 0. The van der Waals surface area contributed by atoms with Crippen molar-refractivity contribution in [3.8, 4) is 6.07 Å². The Hall–Kier alpha value is -4.29. The van der Waals surface area contributed by atoms with E-state index >= 15 is 0 Å². The summed E-state index contributed by atoms with van der Waals surface area (Å²) in [6.07, 6.45) is 5.35. The fraction of sp³-hybridized carbons (Fsp3) is 0.240. The van der Waals surface area contributed by atoms with E-state index in [1.54, 1.807) is 18.5 Å². The minimum atomic E-state index is -0.335. The van der Waals surface area contributed by atoms with E-state index in [-0.39, 0.29) is 14.9 Å². The van der Waals surface area contributed by atoms with E-state index in [0.29, 0.717) is 35.7 Å². The highest BCUT2D eigenvalue weighted by atomic mass is 16.2. The lowest BCUT2D eigenvalue weighted by Gasteiger charge is -2.18. The van der Waals surface area contributed by atoms with Crippen molar-refractivity contribution in [2.24, 2.45) is 0 Å². The van der Waals surface area contributed by atoms with Gasteiger partial charge in [-0.3, -0.25) is 15.2 Å². The predicted octanol–water partition coefficient (Wildman–Crippen LogP) is 4.29. The first-order valence-corrected chi connectivity index (χ1v) is 11.0. The maximum atomic E-state index is 12.5. The molecule has 0 spiro atoms. The van der Waals surface area contributed by atoms with Crippen molar-refractivity contribution in [2.75, 3.05) is 23.7 Å². The van der Waals surface area contributed by atoms with Gasteiger partial charge < -0.3 is 16.0 Å². The average Bonchev–Trinajstić information content (AvgIpc) is 3.26. The standard InChI is InChI=1S/C25H26N8O.2H2/c1-17-10-21(6-8-28-17)30-23-14-29-24(11-20(23)13-27)32-25(34)31-22-7-9-33(16-22)15-19-5-3-2-4-18(19)12-26;;/h2-6,8,10-11,13-14,22,27H,7,9,15-16H2,1H3,(H,28,30)(H2,29,31,32,34);2*1H. The molecular formula is C25H30N8O. The number of benzene rings is 1. The van der Waals surface area contributed by atoms with Crippen molar-refractivity contribution in [3.05, 3.63) is 77.2 Å². The number of carbonyl (C=O) groups excluding carboxylic acids is 1. The zero-order chi connectivity index (χ0) is 23.9. The van der Waals surface area contributed by atoms with Gasteiger partial charge in [0.15, 0.2) is 0 Å². The van der Waals surface area contributed by atoms with Crippen LogP contribution in [0.3, 0.4) is 0 Å². The van der Waals surface area contributed by atoms with Crippen LogP contribution in [0, 0.1) is 23.7 Å². The number of aromatic nitrogens is 2. The fourth-order valence-corrected chi connectivity index (χ4v) is 3.98. The quantitative estimate of drug-likeness (QED) is 0.391. The zero-order valence-corrected chi connectivity index (χ0v) is 18.9. The Bertz CT molecular complexity index is 1250. The number of rotatable bonds is 7. The third-order valence-electron chi connectivity index (χ3n) is 5.65. The minimum Gasteiger partial charge on any atom is -0.354 e. The summed E-state index contributed by atoms with van der Waals surface area (Å²) in [6, 6.07) is 14.9. The Balaban J connectivity index is 0.00000228. The lowest BCUT2D eigenvalue weighted by atomic mass is 10.1. The SMILES string of the molecule is Cc1cc(Nc2cnc(NC(=O)NC3CCN(Cc4ccccc4C#N)C3)cc2C=N)ccn1.[HH].[HH]. The Labute approximate surface area is 201 Å². The monoisotopic (exact) mass is 458 g/mol. The summed E-state index contributed by atoms with van der Waals surface area (Å²) in [5.74, 6) is 0.366. The number of hydrogen-bond acceptors (Lipinski definition) is 7. The van der Waals surface area contributed by atoms with Crippen LogP contribution >= 0.6 is 0 Å². The molecular weight excluding hydrogens is 428 g/mol. The molecule has 2 amide bonds. The number of amides is 2. The number of nitriles is 1. The van der Waals surface area contributed by atoms with Gasteiger partial charge in [0.05, 0.1) is 23.5 Å². The molecule has 3 heterocycles. The van der Waals surface area contributed by atoms with Gasteiger partial charge >= 0.3 is 6.03 Å². The Kier molecular flexibility index (Phi) is 7.10. The summed E-state index contributed by atoms with van der Waals surface area (Å²) < 4.78 is 0. The molecule has 0 radical (unpaired) electrons. The molecule has 9 nitrogen and oxygen atoms in total. The largest absolute Gasteiger partial charge is 0.354 e. The van der Waals surface area contributed by atoms with Crippen LogP contribution in [0.5, 0.6) is 0 Å². The van der Waals surface area contributed by atoms with Gasteiger partial charge in [0, 0.05) is 57.9 Å². The van der Waals surface area contributed by atoms with E-state index in [4.69, 9.17) is 5.41 Å². The number of nitrogens with one attached hydrogen (secondary N) is 4. The summed E-state index contributed by atoms with van der Waals surface area (Å²) in [5.41, 5.74) is 4.66. The number of pyridine rings is 2. The number of anilines is 3. The van der Waals surface area contributed by atoms with Crippen molar-refractivity contribution in [1.29, 1.82) is 10.7 Å². The highest BCUT2D eigenvalue weighted by Gasteiger charge is 2.24. The maximum Gasteiger partial charge on any atom is 0.320 e. The maximum absolute atomic E-state index is 12.5. The van der Waals surface area contributed by atoms with Gasteiger partial charge in [0.1, 0.15) is 5.82 Å². The number of carbonyl (C=O) groups is 1. The number of likely N-dealkylation sites (tertiary alicyclic amines) is 1. The average molecular weight is 459 g/mol. The number of aryl methyl sites for hydroxylation is 1. The second kappa shape index (κ2) is 10.6. The van der Waals surface area contributed by atoms with Crippen molar-refractivity contribution in [1.82, 2.24) is 20.2 Å². The Morgan fingerprint density at radius 2 is 2.18 bits per heavy atom. The molecule has 3 aromatic rings. The molecule has 1 fully saturated rings.